The molecule has 0 radical (unpaired) electrons. The van der Waals surface area contributed by atoms with Gasteiger partial charge in [0.2, 0.25) is 34.8 Å². The zero-order chi connectivity index (χ0) is 37.8. The number of aryl methyl sites for hydroxylation is 1. The van der Waals surface area contributed by atoms with E-state index >= 15 is 0 Å². The van der Waals surface area contributed by atoms with Crippen LogP contribution in [0.25, 0.3) is 33.4 Å². The van der Waals surface area contributed by atoms with E-state index in [-0.39, 0.29) is 30.0 Å². The van der Waals surface area contributed by atoms with Crippen molar-refractivity contribution in [3.8, 4) is 39.7 Å². The number of nitrogens with two attached hydrogens (primary N) is 1. The average Bonchev–Trinajstić information content (AvgIpc) is 3.35. The number of benzene rings is 3. The fourth-order valence-electron chi connectivity index (χ4n) is 6.70. The number of furan rings is 1. The highest BCUT2D eigenvalue weighted by Crippen LogP contribution is 2.51. The molecule has 0 aliphatic heterocycles. The number of hydrogen-bond donors (Lipinski definition) is 4. The molecule has 6 rings (SSSR count). The summed E-state index contributed by atoms with van der Waals surface area (Å²) in [7, 11) is 4.54. The van der Waals surface area contributed by atoms with Crippen LogP contribution in [0.5, 0.6) is 17.2 Å². The van der Waals surface area contributed by atoms with Crippen molar-refractivity contribution in [2.24, 2.45) is 5.73 Å². The highest BCUT2D eigenvalue weighted by Gasteiger charge is 2.31. The number of carbonyl (C=O) groups excluding carboxylic acids is 4. The maximum absolute atomic E-state index is 14.2. The Morgan fingerprint density at radius 3 is 2.25 bits per heavy atom. The summed E-state index contributed by atoms with van der Waals surface area (Å²) in [5.74, 6) is -0.375. The number of carbonyl (C=O) groups is 4. The minimum atomic E-state index is -0.596. The highest BCUT2D eigenvalue weighted by atomic mass is 16.5. The fraction of sp³-hybridized carbons (Fsp3) is 0.225. The predicted molar refractivity (Wildman–Crippen MR) is 198 cm³/mol. The monoisotopic (exact) mass is 718 g/mol. The minimum absolute atomic E-state index is 0.0134. The number of primary amides is 1. The lowest BCUT2D eigenvalue weighted by atomic mass is 9.94. The summed E-state index contributed by atoms with van der Waals surface area (Å²) >= 11 is 0. The molecule has 1 aliphatic carbocycles. The van der Waals surface area contributed by atoms with Crippen LogP contribution < -0.4 is 41.3 Å². The molecular formula is C40H38N4O9. The molecule has 53 heavy (non-hydrogen) atoms. The van der Waals surface area contributed by atoms with E-state index in [1.807, 2.05) is 36.4 Å². The summed E-state index contributed by atoms with van der Waals surface area (Å²) in [4.78, 5) is 64.3. The number of hydrogen-bond acceptors (Lipinski definition) is 9. The lowest BCUT2D eigenvalue weighted by molar-refractivity contribution is -0.123. The first-order valence-corrected chi connectivity index (χ1v) is 16.8. The van der Waals surface area contributed by atoms with Gasteiger partial charge in [0.15, 0.2) is 17.1 Å². The van der Waals surface area contributed by atoms with Gasteiger partial charge in [-0.05, 0) is 72.0 Å². The highest BCUT2D eigenvalue weighted by molar-refractivity contribution is 5.99. The Kier molecular flexibility index (Phi) is 10.5. The van der Waals surface area contributed by atoms with Crippen LogP contribution in [0.1, 0.15) is 46.4 Å². The summed E-state index contributed by atoms with van der Waals surface area (Å²) in [6.07, 6.45) is 0.714. The maximum atomic E-state index is 14.2. The van der Waals surface area contributed by atoms with E-state index in [1.54, 1.807) is 6.07 Å². The number of rotatable bonds is 11. The number of fused-ring (bicyclic) bond motifs is 4. The van der Waals surface area contributed by atoms with Crippen LogP contribution in [-0.2, 0) is 27.2 Å². The Hall–Kier alpha value is -6.63. The Labute approximate surface area is 304 Å². The molecular weight excluding hydrogens is 680 g/mol. The van der Waals surface area contributed by atoms with Gasteiger partial charge in [0, 0.05) is 40.3 Å². The Morgan fingerprint density at radius 1 is 0.887 bits per heavy atom. The Morgan fingerprint density at radius 2 is 1.60 bits per heavy atom. The Balaban J connectivity index is 1.48. The summed E-state index contributed by atoms with van der Waals surface area (Å²) < 4.78 is 23.7. The van der Waals surface area contributed by atoms with E-state index in [4.69, 9.17) is 24.4 Å². The van der Waals surface area contributed by atoms with E-state index < -0.39 is 29.2 Å². The first-order chi connectivity index (χ1) is 25.5. The zero-order valence-electron chi connectivity index (χ0n) is 29.6. The molecule has 13 heteroatoms. The molecule has 272 valence electrons. The van der Waals surface area contributed by atoms with Crippen LogP contribution in [0.15, 0.2) is 82.0 Å². The molecule has 0 saturated heterocycles. The molecule has 1 aliphatic rings. The fourth-order valence-corrected chi connectivity index (χ4v) is 6.70. The van der Waals surface area contributed by atoms with Crippen LogP contribution in [0.4, 0.5) is 5.69 Å². The normalized spacial score (nSPS) is 13.2. The molecule has 4 amide bonds. The van der Waals surface area contributed by atoms with Gasteiger partial charge in [-0.1, -0.05) is 30.3 Å². The summed E-state index contributed by atoms with van der Waals surface area (Å²) in [5.41, 5.74) is 9.20. The number of nitrogens with one attached hydrogen (secondary N) is 3. The predicted octanol–water partition coefficient (Wildman–Crippen LogP) is 4.67. The smallest absolute Gasteiger partial charge is 0.248 e. The molecule has 0 saturated carbocycles. The first kappa shape index (κ1) is 36.2. The van der Waals surface area contributed by atoms with Crippen molar-refractivity contribution < 1.29 is 37.8 Å². The van der Waals surface area contributed by atoms with Crippen LogP contribution in [0.2, 0.25) is 0 Å². The number of anilines is 1. The standard InChI is InChI=1S/C40H38N4O9/c1-21(45)43-30-15-12-24-16-32(50-2)38(51-3)39(52-4)35(24)27-17-28-29(36(22-8-6-5-7-9-22)53-37(28)31(46)18-26(27)30)19-33(47)42-20-34(48)44-25-13-10-23(11-14-25)40(41)49/h5-11,13-14,16-18,30H,12,15,19-20H2,1-4H3,(H2,41,49)(H,42,47)(H,43,45)(H,44,48)/t30-/m0/s1. The van der Waals surface area contributed by atoms with Gasteiger partial charge in [-0.2, -0.15) is 0 Å². The van der Waals surface area contributed by atoms with Crippen LogP contribution >= 0.6 is 0 Å². The van der Waals surface area contributed by atoms with Crippen molar-refractivity contribution in [3.63, 3.8) is 0 Å². The van der Waals surface area contributed by atoms with E-state index in [0.717, 1.165) is 5.56 Å². The van der Waals surface area contributed by atoms with Crippen molar-refractivity contribution in [2.75, 3.05) is 33.2 Å². The molecule has 0 fully saturated rings. The van der Waals surface area contributed by atoms with Crippen LogP contribution in [-0.4, -0.2) is 51.5 Å². The lowest BCUT2D eigenvalue weighted by Gasteiger charge is -2.20. The number of methoxy groups -OCH3 is 3. The lowest BCUT2D eigenvalue weighted by Crippen LogP contribution is -2.33. The van der Waals surface area contributed by atoms with Gasteiger partial charge >= 0.3 is 0 Å². The largest absolute Gasteiger partial charge is 0.493 e. The third-order valence-electron chi connectivity index (χ3n) is 9.07. The van der Waals surface area contributed by atoms with E-state index in [2.05, 4.69) is 16.0 Å². The molecule has 5 aromatic rings. The zero-order valence-corrected chi connectivity index (χ0v) is 29.6. The number of amides is 4. The van der Waals surface area contributed by atoms with Gasteiger partial charge in [0.1, 0.15) is 5.76 Å². The second kappa shape index (κ2) is 15.3. The van der Waals surface area contributed by atoms with Crippen molar-refractivity contribution >= 4 is 40.3 Å². The van der Waals surface area contributed by atoms with E-state index in [0.29, 0.717) is 74.7 Å². The van der Waals surface area contributed by atoms with E-state index in [1.165, 1.54) is 58.6 Å². The molecule has 1 aromatic heterocycles. The number of ether oxygens (including phenoxy) is 3. The van der Waals surface area contributed by atoms with Crippen molar-refractivity contribution in [2.45, 2.75) is 32.2 Å². The third kappa shape index (κ3) is 7.40. The van der Waals surface area contributed by atoms with Gasteiger partial charge in [0.25, 0.3) is 0 Å². The van der Waals surface area contributed by atoms with Crippen molar-refractivity contribution in [3.05, 3.63) is 105 Å². The first-order valence-electron chi connectivity index (χ1n) is 16.8. The molecule has 13 nitrogen and oxygen atoms in total. The third-order valence-corrected chi connectivity index (χ3v) is 9.07. The average molecular weight is 719 g/mol. The molecule has 0 bridgehead atoms. The van der Waals surface area contributed by atoms with Gasteiger partial charge < -0.3 is 40.3 Å². The van der Waals surface area contributed by atoms with Crippen LogP contribution in [0, 0.1) is 0 Å². The summed E-state index contributed by atoms with van der Waals surface area (Å²) in [6, 6.07) is 19.7. The topological polar surface area (TPSA) is 188 Å². The summed E-state index contributed by atoms with van der Waals surface area (Å²) in [6.45, 7) is 1.06. The van der Waals surface area contributed by atoms with E-state index in [9.17, 15) is 24.0 Å². The molecule has 0 unspecified atom stereocenters. The van der Waals surface area contributed by atoms with Gasteiger partial charge in [-0.3, -0.25) is 24.0 Å². The van der Waals surface area contributed by atoms with Crippen molar-refractivity contribution in [1.82, 2.24) is 10.6 Å². The second-order valence-corrected chi connectivity index (χ2v) is 12.5. The van der Waals surface area contributed by atoms with Gasteiger partial charge in [-0.15, -0.1) is 0 Å². The van der Waals surface area contributed by atoms with Crippen LogP contribution in [0.3, 0.4) is 0 Å². The maximum Gasteiger partial charge on any atom is 0.248 e. The summed E-state index contributed by atoms with van der Waals surface area (Å²) in [5, 5.41) is 8.69. The molecule has 1 heterocycles. The second-order valence-electron chi connectivity index (χ2n) is 12.5. The molecule has 1 atom stereocenters. The SMILES string of the molecule is COc1cc2c(c(OC)c1OC)-c1cc3c(CC(=O)NCC(=O)Nc4ccc(C(N)=O)cc4)c(-c4ccccc4)oc3c(=O)cc1[C@@H](NC(C)=O)CC2. The van der Waals surface area contributed by atoms with Crippen molar-refractivity contribution in [1.29, 1.82) is 0 Å². The molecule has 0 spiro atoms. The quantitative estimate of drug-likeness (QED) is 0.150. The minimum Gasteiger partial charge on any atom is -0.493 e. The van der Waals surface area contributed by atoms with Gasteiger partial charge in [-0.25, -0.2) is 0 Å². The molecule has 4 aromatic carbocycles. The Bertz CT molecular complexity index is 2300. The molecule has 5 N–H and O–H groups in total. The van der Waals surface area contributed by atoms with Gasteiger partial charge in [0.05, 0.1) is 40.3 Å².